The largest absolute Gasteiger partial charge is 0.310 e. The Hall–Kier alpha value is -0.910. The van der Waals surface area contributed by atoms with Gasteiger partial charge in [-0.2, -0.15) is 0 Å². The SMILES string of the molecule is CCCCCC(NCCCNS(C)(=O)=O)c1ccccc1. The lowest BCUT2D eigenvalue weighted by molar-refractivity contribution is 0.468. The lowest BCUT2D eigenvalue weighted by atomic mass is 10.0. The third-order valence-electron chi connectivity index (χ3n) is 3.41. The van der Waals surface area contributed by atoms with E-state index < -0.39 is 10.0 Å². The highest BCUT2D eigenvalue weighted by Gasteiger charge is 2.09. The monoisotopic (exact) mass is 312 g/mol. The summed E-state index contributed by atoms with van der Waals surface area (Å²) in [7, 11) is -3.07. The van der Waals surface area contributed by atoms with Crippen LogP contribution in [0.4, 0.5) is 0 Å². The molecule has 0 heterocycles. The van der Waals surface area contributed by atoms with Crippen molar-refractivity contribution in [3.8, 4) is 0 Å². The van der Waals surface area contributed by atoms with Gasteiger partial charge in [-0.15, -0.1) is 0 Å². The van der Waals surface area contributed by atoms with Gasteiger partial charge in [0.15, 0.2) is 0 Å². The van der Waals surface area contributed by atoms with Crippen molar-refractivity contribution in [1.29, 1.82) is 0 Å². The molecule has 0 saturated carbocycles. The zero-order valence-corrected chi connectivity index (χ0v) is 14.0. The first-order valence-corrected chi connectivity index (χ1v) is 9.65. The third kappa shape index (κ3) is 8.86. The molecule has 0 spiro atoms. The first-order valence-electron chi connectivity index (χ1n) is 7.76. The molecule has 1 aromatic rings. The normalized spacial score (nSPS) is 13.2. The summed E-state index contributed by atoms with van der Waals surface area (Å²) in [5.41, 5.74) is 1.31. The number of hydrogen-bond acceptors (Lipinski definition) is 3. The predicted octanol–water partition coefficient (Wildman–Crippen LogP) is 2.84. The second-order valence-corrected chi connectivity index (χ2v) is 7.27. The van der Waals surface area contributed by atoms with Crippen molar-refractivity contribution in [3.05, 3.63) is 35.9 Å². The zero-order valence-electron chi connectivity index (χ0n) is 13.1. The van der Waals surface area contributed by atoms with Gasteiger partial charge >= 0.3 is 0 Å². The van der Waals surface area contributed by atoms with E-state index in [1.165, 1.54) is 31.1 Å². The van der Waals surface area contributed by atoms with E-state index in [0.29, 0.717) is 12.6 Å². The average Bonchev–Trinajstić information content (AvgIpc) is 2.45. The Morgan fingerprint density at radius 3 is 2.38 bits per heavy atom. The van der Waals surface area contributed by atoms with Gasteiger partial charge in [-0.1, -0.05) is 56.5 Å². The second-order valence-electron chi connectivity index (χ2n) is 5.43. The van der Waals surface area contributed by atoms with E-state index in [2.05, 4.69) is 41.2 Å². The lowest BCUT2D eigenvalue weighted by Crippen LogP contribution is -2.28. The number of unbranched alkanes of at least 4 members (excludes halogenated alkanes) is 2. The van der Waals surface area contributed by atoms with E-state index in [1.54, 1.807) is 0 Å². The first kappa shape index (κ1) is 18.1. The first-order chi connectivity index (χ1) is 10.0. The number of sulfonamides is 1. The molecule has 0 bridgehead atoms. The summed E-state index contributed by atoms with van der Waals surface area (Å²) in [5.74, 6) is 0. The number of rotatable bonds is 11. The third-order valence-corrected chi connectivity index (χ3v) is 4.14. The zero-order chi connectivity index (χ0) is 15.6. The van der Waals surface area contributed by atoms with Crippen LogP contribution in [0.3, 0.4) is 0 Å². The van der Waals surface area contributed by atoms with Gasteiger partial charge in [0.25, 0.3) is 0 Å². The molecule has 1 unspecified atom stereocenters. The van der Waals surface area contributed by atoms with Crippen molar-refractivity contribution >= 4 is 10.0 Å². The Morgan fingerprint density at radius 2 is 1.76 bits per heavy atom. The quantitative estimate of drug-likeness (QED) is 0.618. The molecular weight excluding hydrogens is 284 g/mol. The van der Waals surface area contributed by atoms with Crippen LogP contribution < -0.4 is 10.0 Å². The van der Waals surface area contributed by atoms with Gasteiger partial charge in [-0.05, 0) is 24.9 Å². The molecule has 0 amide bonds. The fourth-order valence-corrected chi connectivity index (χ4v) is 2.81. The van der Waals surface area contributed by atoms with Crippen LogP contribution in [0.25, 0.3) is 0 Å². The van der Waals surface area contributed by atoms with Crippen LogP contribution in [-0.4, -0.2) is 27.8 Å². The smallest absolute Gasteiger partial charge is 0.208 e. The van der Waals surface area contributed by atoms with Crippen LogP contribution in [0.15, 0.2) is 30.3 Å². The van der Waals surface area contributed by atoms with Crippen LogP contribution in [0.2, 0.25) is 0 Å². The van der Waals surface area contributed by atoms with Crippen LogP contribution in [0, 0.1) is 0 Å². The van der Waals surface area contributed by atoms with Crippen molar-refractivity contribution < 1.29 is 8.42 Å². The van der Waals surface area contributed by atoms with Crippen molar-refractivity contribution in [2.45, 2.75) is 45.1 Å². The maximum atomic E-state index is 11.0. The fraction of sp³-hybridized carbons (Fsp3) is 0.625. The van der Waals surface area contributed by atoms with Crippen LogP contribution >= 0.6 is 0 Å². The Labute approximate surface area is 129 Å². The van der Waals surface area contributed by atoms with Crippen molar-refractivity contribution in [2.24, 2.45) is 0 Å². The molecule has 0 aliphatic heterocycles. The fourth-order valence-electron chi connectivity index (χ4n) is 2.29. The van der Waals surface area contributed by atoms with Crippen LogP contribution in [-0.2, 0) is 10.0 Å². The number of hydrogen-bond donors (Lipinski definition) is 2. The van der Waals surface area contributed by atoms with Gasteiger partial charge in [0.05, 0.1) is 6.26 Å². The topological polar surface area (TPSA) is 58.2 Å². The molecule has 120 valence electrons. The standard InChI is InChI=1S/C16H28N2O2S/c1-3-4-6-12-16(15-10-7-5-8-11-15)17-13-9-14-18-21(2,19)20/h5,7-8,10-11,16-18H,3-4,6,9,12-14H2,1-2H3. The van der Waals surface area contributed by atoms with Crippen molar-refractivity contribution in [3.63, 3.8) is 0 Å². The summed E-state index contributed by atoms with van der Waals surface area (Å²) in [5, 5.41) is 3.55. The van der Waals surface area contributed by atoms with Gasteiger partial charge < -0.3 is 5.32 Å². The summed E-state index contributed by atoms with van der Waals surface area (Å²) < 4.78 is 24.5. The average molecular weight is 312 g/mol. The van der Waals surface area contributed by atoms with Gasteiger partial charge in [0, 0.05) is 12.6 Å². The molecule has 1 rings (SSSR count). The van der Waals surface area contributed by atoms with Crippen LogP contribution in [0.1, 0.15) is 50.6 Å². The minimum atomic E-state index is -3.07. The summed E-state index contributed by atoms with van der Waals surface area (Å²) in [6.07, 6.45) is 6.80. The molecular formula is C16H28N2O2S. The van der Waals surface area contributed by atoms with E-state index in [-0.39, 0.29) is 0 Å². The van der Waals surface area contributed by atoms with Crippen LogP contribution in [0.5, 0.6) is 0 Å². The number of nitrogens with one attached hydrogen (secondary N) is 2. The molecule has 0 radical (unpaired) electrons. The van der Waals surface area contributed by atoms with Gasteiger partial charge in [-0.3, -0.25) is 0 Å². The Balaban J connectivity index is 2.39. The van der Waals surface area contributed by atoms with E-state index in [1.807, 2.05) is 6.07 Å². The minimum absolute atomic E-state index is 0.357. The van der Waals surface area contributed by atoms with Gasteiger partial charge in [0.2, 0.25) is 10.0 Å². The maximum Gasteiger partial charge on any atom is 0.208 e. The highest BCUT2D eigenvalue weighted by molar-refractivity contribution is 7.88. The molecule has 21 heavy (non-hydrogen) atoms. The molecule has 1 aromatic carbocycles. The lowest BCUT2D eigenvalue weighted by Gasteiger charge is -2.19. The van der Waals surface area contributed by atoms with E-state index in [9.17, 15) is 8.42 Å². The van der Waals surface area contributed by atoms with E-state index >= 15 is 0 Å². The second kappa shape index (κ2) is 9.92. The van der Waals surface area contributed by atoms with E-state index in [0.717, 1.165) is 19.4 Å². The summed E-state index contributed by atoms with van der Waals surface area (Å²) in [4.78, 5) is 0. The molecule has 0 aromatic heterocycles. The summed E-state index contributed by atoms with van der Waals surface area (Å²) in [6, 6.07) is 10.8. The predicted molar refractivity (Wildman–Crippen MR) is 88.8 cm³/mol. The minimum Gasteiger partial charge on any atom is -0.310 e. The summed E-state index contributed by atoms with van der Waals surface area (Å²) >= 11 is 0. The highest BCUT2D eigenvalue weighted by atomic mass is 32.2. The van der Waals surface area contributed by atoms with Crippen molar-refractivity contribution in [2.75, 3.05) is 19.3 Å². The molecule has 1 atom stereocenters. The molecule has 4 nitrogen and oxygen atoms in total. The highest BCUT2D eigenvalue weighted by Crippen LogP contribution is 2.19. The van der Waals surface area contributed by atoms with Crippen molar-refractivity contribution in [1.82, 2.24) is 10.0 Å². The molecule has 0 fully saturated rings. The Kier molecular flexibility index (Phi) is 8.57. The molecule has 0 saturated heterocycles. The molecule has 0 aliphatic carbocycles. The maximum absolute atomic E-state index is 11.0. The molecule has 0 aliphatic rings. The van der Waals surface area contributed by atoms with E-state index in [4.69, 9.17) is 0 Å². The van der Waals surface area contributed by atoms with Gasteiger partial charge in [0.1, 0.15) is 0 Å². The van der Waals surface area contributed by atoms with Gasteiger partial charge in [-0.25, -0.2) is 13.1 Å². The number of benzene rings is 1. The molecule has 5 heteroatoms. The Morgan fingerprint density at radius 1 is 1.05 bits per heavy atom. The summed E-state index contributed by atoms with van der Waals surface area (Å²) in [6.45, 7) is 3.51. The Bertz CT molecular complexity index is 474. The molecule has 2 N–H and O–H groups in total.